The molecule has 0 aliphatic heterocycles. The minimum atomic E-state index is -1.50. The van der Waals surface area contributed by atoms with Gasteiger partial charge in [-0.2, -0.15) is 0 Å². The monoisotopic (exact) mass is 133 g/mol. The minimum Gasteiger partial charge on any atom is -0.328 e. The molecule has 0 bridgehead atoms. The molecular weight excluding hydrogens is 122 g/mol. The molecule has 0 saturated heterocycles. The topological polar surface area (TPSA) is 63.4 Å². The minimum absolute atomic E-state index is 1.50. The molecule has 0 aromatic carbocycles. The van der Waals surface area contributed by atoms with Crippen molar-refractivity contribution in [3.63, 3.8) is 0 Å². The highest BCUT2D eigenvalue weighted by atomic mass is 16.9. The number of allylic oxidation sites excluding steroid dienone is 1. The van der Waals surface area contributed by atoms with Gasteiger partial charge in [-0.1, -0.05) is 6.08 Å². The van der Waals surface area contributed by atoms with Crippen LogP contribution in [0.2, 0.25) is 0 Å². The highest BCUT2D eigenvalue weighted by Gasteiger charge is 1.65. The van der Waals surface area contributed by atoms with Gasteiger partial charge in [0.2, 0.25) is 0 Å². The summed E-state index contributed by atoms with van der Waals surface area (Å²) in [6, 6.07) is 0. The van der Waals surface area contributed by atoms with E-state index in [1.807, 2.05) is 6.92 Å². The van der Waals surface area contributed by atoms with Crippen molar-refractivity contribution < 1.29 is 10.3 Å². The van der Waals surface area contributed by atoms with Crippen LogP contribution in [0.25, 0.3) is 0 Å². The first-order valence-corrected chi connectivity index (χ1v) is 2.05. The zero-order valence-electron chi connectivity index (χ0n) is 5.41. The lowest BCUT2D eigenvalue weighted by atomic mass is 10.8. The van der Waals surface area contributed by atoms with E-state index in [1.54, 1.807) is 6.08 Å². The predicted molar refractivity (Wildman–Crippen MR) is 35.9 cm³/mol. The fraction of sp³-hybridized carbons (Fsp3) is 0.200. The maximum atomic E-state index is 8.36. The molecule has 0 atom stereocenters. The molecule has 0 amide bonds. The average Bonchev–Trinajstić information content (AvgIpc) is 1.71. The summed E-state index contributed by atoms with van der Waals surface area (Å²) in [5.74, 6) is 0. The van der Waals surface area contributed by atoms with Crippen molar-refractivity contribution >= 4 is 0 Å². The van der Waals surface area contributed by atoms with Crippen molar-refractivity contribution in [2.45, 2.75) is 6.92 Å². The molecule has 0 saturated carbocycles. The molecule has 0 heterocycles. The van der Waals surface area contributed by atoms with E-state index in [2.05, 4.69) is 19.7 Å². The molecule has 0 aliphatic carbocycles. The zero-order valence-corrected chi connectivity index (χ0v) is 5.41. The van der Waals surface area contributed by atoms with Gasteiger partial charge in [0.25, 0.3) is 5.09 Å². The summed E-state index contributed by atoms with van der Waals surface area (Å²) in [5.41, 5.74) is 0. The molecule has 4 heteroatoms. The molecule has 0 aromatic heterocycles. The third-order valence-electron chi connectivity index (χ3n) is 0. The smallest absolute Gasteiger partial charge is 0.291 e. The zero-order chi connectivity index (χ0) is 8.28. The Labute approximate surface area is 54.2 Å². The first kappa shape index (κ1) is 15.6. The van der Waals surface area contributed by atoms with Crippen LogP contribution in [0, 0.1) is 10.1 Å². The van der Waals surface area contributed by atoms with Gasteiger partial charge in [-0.15, -0.1) is 29.9 Å². The molecule has 0 unspecified atom stereocenters. The van der Waals surface area contributed by atoms with Crippen molar-refractivity contribution in [3.05, 3.63) is 35.9 Å². The standard InChI is InChI=1S/C3H6.C2H4.HNO3/c1-3-2;1-2;2-1(3)4/h3H,1H2,2H3;1-2H2;(H,2,3,4). The van der Waals surface area contributed by atoms with Crippen LogP contribution in [0.5, 0.6) is 0 Å². The number of hydrogen-bond acceptors (Lipinski definition) is 2. The molecule has 0 aromatic rings. The average molecular weight is 133 g/mol. The molecule has 4 nitrogen and oxygen atoms in total. The summed E-state index contributed by atoms with van der Waals surface area (Å²) in [7, 11) is 0. The molecule has 1 N–H and O–H groups in total. The van der Waals surface area contributed by atoms with E-state index in [0.717, 1.165) is 0 Å². The molecule has 0 radical (unpaired) electrons. The largest absolute Gasteiger partial charge is 0.328 e. The Morgan fingerprint density at radius 1 is 1.67 bits per heavy atom. The normalized spacial score (nSPS) is 4.56. The van der Waals surface area contributed by atoms with E-state index in [4.69, 9.17) is 15.3 Å². The molecule has 54 valence electrons. The second kappa shape index (κ2) is 30.0. The first-order valence-electron chi connectivity index (χ1n) is 2.05. The van der Waals surface area contributed by atoms with E-state index in [0.29, 0.717) is 0 Å². The fourth-order valence-electron chi connectivity index (χ4n) is 0. The van der Waals surface area contributed by atoms with E-state index in [-0.39, 0.29) is 0 Å². The van der Waals surface area contributed by atoms with Crippen LogP contribution in [0.15, 0.2) is 25.8 Å². The SMILES string of the molecule is C=C.C=CC.O=[N+]([O-])O. The Balaban J connectivity index is -0.0000000646. The fourth-order valence-corrected chi connectivity index (χ4v) is 0. The van der Waals surface area contributed by atoms with E-state index < -0.39 is 5.09 Å². The third kappa shape index (κ3) is 84.0. The van der Waals surface area contributed by atoms with Crippen LogP contribution in [-0.2, 0) is 0 Å². The molecule has 0 spiro atoms. The van der Waals surface area contributed by atoms with Gasteiger partial charge in [0, 0.05) is 0 Å². The molecular formula is C5H11NO3. The Morgan fingerprint density at radius 2 is 1.67 bits per heavy atom. The summed E-state index contributed by atoms with van der Waals surface area (Å²) in [5, 5.41) is 13.6. The second-order valence-electron chi connectivity index (χ2n) is 0.646. The van der Waals surface area contributed by atoms with Crippen LogP contribution in [0.3, 0.4) is 0 Å². The van der Waals surface area contributed by atoms with Gasteiger partial charge in [0.1, 0.15) is 0 Å². The van der Waals surface area contributed by atoms with E-state index in [9.17, 15) is 0 Å². The molecule has 0 aliphatic rings. The van der Waals surface area contributed by atoms with Crippen LogP contribution in [-0.4, -0.2) is 10.3 Å². The summed E-state index contributed by atoms with van der Waals surface area (Å²) < 4.78 is 0. The molecule has 0 fully saturated rings. The van der Waals surface area contributed by atoms with Crippen molar-refractivity contribution in [1.29, 1.82) is 0 Å². The van der Waals surface area contributed by atoms with E-state index >= 15 is 0 Å². The lowest BCUT2D eigenvalue weighted by Gasteiger charge is -1.56. The van der Waals surface area contributed by atoms with Crippen molar-refractivity contribution in [1.82, 2.24) is 0 Å². The number of hydrogen-bond donors (Lipinski definition) is 1. The van der Waals surface area contributed by atoms with Crippen LogP contribution < -0.4 is 0 Å². The number of rotatable bonds is 0. The Kier molecular flexibility index (Phi) is 52.2. The Morgan fingerprint density at radius 3 is 1.67 bits per heavy atom. The quantitative estimate of drug-likeness (QED) is 0.310. The second-order valence-corrected chi connectivity index (χ2v) is 0.646. The summed E-state index contributed by atoms with van der Waals surface area (Å²) >= 11 is 0. The lowest BCUT2D eigenvalue weighted by Crippen LogP contribution is -1.81. The van der Waals surface area contributed by atoms with Crippen LogP contribution in [0.1, 0.15) is 6.92 Å². The first-order chi connectivity index (χ1) is 4.15. The van der Waals surface area contributed by atoms with Crippen molar-refractivity contribution in [3.8, 4) is 0 Å². The maximum absolute atomic E-state index is 8.36. The van der Waals surface area contributed by atoms with Gasteiger partial charge < -0.3 is 5.21 Å². The van der Waals surface area contributed by atoms with Crippen LogP contribution in [0.4, 0.5) is 0 Å². The lowest BCUT2D eigenvalue weighted by molar-refractivity contribution is -0.742. The molecule has 9 heavy (non-hydrogen) atoms. The van der Waals surface area contributed by atoms with E-state index in [1.165, 1.54) is 0 Å². The van der Waals surface area contributed by atoms with Gasteiger partial charge >= 0.3 is 0 Å². The van der Waals surface area contributed by atoms with Gasteiger partial charge in [-0.25, -0.2) is 0 Å². The van der Waals surface area contributed by atoms with Gasteiger partial charge in [-0.05, 0) is 6.92 Å². The highest BCUT2D eigenvalue weighted by molar-refractivity contribution is 4.51. The van der Waals surface area contributed by atoms with Gasteiger partial charge in [0.15, 0.2) is 0 Å². The van der Waals surface area contributed by atoms with Crippen LogP contribution >= 0.6 is 0 Å². The van der Waals surface area contributed by atoms with Gasteiger partial charge in [-0.3, -0.25) is 0 Å². The molecule has 0 rings (SSSR count). The predicted octanol–water partition coefficient (Wildman–Crippen LogP) is 1.65. The highest BCUT2D eigenvalue weighted by Crippen LogP contribution is 1.38. The Hall–Kier alpha value is -1.32. The summed E-state index contributed by atoms with van der Waals surface area (Å²) in [6.07, 6.45) is 1.75. The van der Waals surface area contributed by atoms with Gasteiger partial charge in [0.05, 0.1) is 0 Å². The maximum Gasteiger partial charge on any atom is 0.291 e. The summed E-state index contributed by atoms with van der Waals surface area (Å²) in [6.45, 7) is 11.2. The Bertz CT molecular complexity index is 68.6. The van der Waals surface area contributed by atoms with Crippen molar-refractivity contribution in [2.24, 2.45) is 0 Å². The van der Waals surface area contributed by atoms with Crippen molar-refractivity contribution in [2.75, 3.05) is 0 Å². The third-order valence-corrected chi connectivity index (χ3v) is 0. The summed E-state index contributed by atoms with van der Waals surface area (Å²) in [4.78, 5) is 8.36. The number of nitrogens with zero attached hydrogens (tertiary/aromatic N) is 1.